The standard InChI is InChI=1S/C7H10N2O/c1-5-6(7-4-10-7)3-9(2)8-5/h3,7H,4H2,1-2H3. The maximum Gasteiger partial charge on any atom is 0.109 e. The summed E-state index contributed by atoms with van der Waals surface area (Å²) in [5.41, 5.74) is 2.33. The minimum atomic E-state index is 0.341. The summed E-state index contributed by atoms with van der Waals surface area (Å²) in [6, 6.07) is 0. The van der Waals surface area contributed by atoms with Crippen LogP contribution >= 0.6 is 0 Å². The maximum absolute atomic E-state index is 5.14. The summed E-state index contributed by atoms with van der Waals surface area (Å²) in [4.78, 5) is 0. The number of epoxide rings is 1. The van der Waals surface area contributed by atoms with Crippen LogP contribution in [0.15, 0.2) is 6.20 Å². The van der Waals surface area contributed by atoms with Crippen molar-refractivity contribution in [3.63, 3.8) is 0 Å². The Morgan fingerprint density at radius 3 is 2.90 bits per heavy atom. The molecule has 0 saturated carbocycles. The van der Waals surface area contributed by atoms with Crippen LogP contribution in [0.2, 0.25) is 0 Å². The first-order valence-electron chi connectivity index (χ1n) is 3.39. The lowest BCUT2D eigenvalue weighted by atomic mass is 10.2. The van der Waals surface area contributed by atoms with Gasteiger partial charge in [0.1, 0.15) is 6.10 Å². The molecule has 0 aliphatic carbocycles. The molecule has 1 aliphatic heterocycles. The van der Waals surface area contributed by atoms with Crippen LogP contribution in [0.1, 0.15) is 17.4 Å². The van der Waals surface area contributed by atoms with Gasteiger partial charge in [0, 0.05) is 18.8 Å². The van der Waals surface area contributed by atoms with E-state index in [1.54, 1.807) is 0 Å². The molecule has 1 fully saturated rings. The fourth-order valence-electron chi connectivity index (χ4n) is 1.16. The van der Waals surface area contributed by atoms with E-state index in [9.17, 15) is 0 Å². The molecule has 0 N–H and O–H groups in total. The molecule has 10 heavy (non-hydrogen) atoms. The second-order valence-corrected chi connectivity index (χ2v) is 2.67. The highest BCUT2D eigenvalue weighted by molar-refractivity contribution is 5.21. The Morgan fingerprint density at radius 2 is 2.50 bits per heavy atom. The smallest absolute Gasteiger partial charge is 0.109 e. The Labute approximate surface area is 59.6 Å². The summed E-state index contributed by atoms with van der Waals surface area (Å²) >= 11 is 0. The van der Waals surface area contributed by atoms with E-state index in [-0.39, 0.29) is 0 Å². The molecule has 2 rings (SSSR count). The molecule has 0 aromatic carbocycles. The molecule has 1 atom stereocenters. The first-order chi connectivity index (χ1) is 4.77. The number of rotatable bonds is 1. The van der Waals surface area contributed by atoms with Crippen LogP contribution in [0.25, 0.3) is 0 Å². The van der Waals surface area contributed by atoms with Gasteiger partial charge in [-0.25, -0.2) is 0 Å². The summed E-state index contributed by atoms with van der Waals surface area (Å²) < 4.78 is 6.96. The predicted molar refractivity (Wildman–Crippen MR) is 36.6 cm³/mol. The lowest BCUT2D eigenvalue weighted by Gasteiger charge is -1.85. The molecule has 0 bridgehead atoms. The second kappa shape index (κ2) is 1.83. The van der Waals surface area contributed by atoms with Crippen LogP contribution in [-0.4, -0.2) is 16.4 Å². The molecule has 1 aromatic heterocycles. The Bertz CT molecular complexity index is 250. The van der Waals surface area contributed by atoms with Gasteiger partial charge in [-0.2, -0.15) is 5.10 Å². The Hall–Kier alpha value is -0.830. The van der Waals surface area contributed by atoms with E-state index in [1.807, 2.05) is 24.9 Å². The molecule has 0 spiro atoms. The third kappa shape index (κ3) is 0.827. The summed E-state index contributed by atoms with van der Waals surface area (Å²) in [7, 11) is 1.93. The summed E-state index contributed by atoms with van der Waals surface area (Å²) in [5, 5.41) is 4.21. The number of hydrogen-bond acceptors (Lipinski definition) is 2. The molecule has 1 aromatic rings. The third-order valence-electron chi connectivity index (χ3n) is 1.73. The van der Waals surface area contributed by atoms with Gasteiger partial charge < -0.3 is 4.74 Å². The summed E-state index contributed by atoms with van der Waals surface area (Å²) in [6.07, 6.45) is 2.36. The molecule has 1 unspecified atom stereocenters. The molecule has 0 amide bonds. The van der Waals surface area contributed by atoms with Crippen molar-refractivity contribution in [2.45, 2.75) is 13.0 Å². The van der Waals surface area contributed by atoms with Crippen LogP contribution in [-0.2, 0) is 11.8 Å². The van der Waals surface area contributed by atoms with Crippen LogP contribution in [0.5, 0.6) is 0 Å². The van der Waals surface area contributed by atoms with E-state index >= 15 is 0 Å². The SMILES string of the molecule is Cc1nn(C)cc1C1CO1. The average molecular weight is 138 g/mol. The van der Waals surface area contributed by atoms with Crippen molar-refractivity contribution in [1.82, 2.24) is 9.78 Å². The first-order valence-corrected chi connectivity index (χ1v) is 3.39. The number of hydrogen-bond donors (Lipinski definition) is 0. The Morgan fingerprint density at radius 1 is 1.80 bits per heavy atom. The number of nitrogens with zero attached hydrogens (tertiary/aromatic N) is 2. The van der Waals surface area contributed by atoms with Crippen molar-refractivity contribution < 1.29 is 4.74 Å². The highest BCUT2D eigenvalue weighted by Crippen LogP contribution is 2.30. The van der Waals surface area contributed by atoms with Crippen LogP contribution < -0.4 is 0 Å². The van der Waals surface area contributed by atoms with Gasteiger partial charge in [0.15, 0.2) is 0 Å². The third-order valence-corrected chi connectivity index (χ3v) is 1.73. The van der Waals surface area contributed by atoms with Gasteiger partial charge in [0.25, 0.3) is 0 Å². The minimum absolute atomic E-state index is 0.341. The van der Waals surface area contributed by atoms with Crippen molar-refractivity contribution >= 4 is 0 Å². The predicted octanol–water partition coefficient (Wildman–Crippen LogP) is 0.800. The molecule has 1 aliphatic rings. The van der Waals surface area contributed by atoms with Gasteiger partial charge in [-0.05, 0) is 6.92 Å². The Kier molecular flexibility index (Phi) is 1.08. The van der Waals surface area contributed by atoms with E-state index < -0.39 is 0 Å². The number of aryl methyl sites for hydroxylation is 2. The monoisotopic (exact) mass is 138 g/mol. The molecular weight excluding hydrogens is 128 g/mol. The maximum atomic E-state index is 5.14. The van der Waals surface area contributed by atoms with E-state index in [1.165, 1.54) is 5.56 Å². The highest BCUT2D eigenvalue weighted by Gasteiger charge is 2.27. The zero-order chi connectivity index (χ0) is 7.14. The molecule has 54 valence electrons. The zero-order valence-electron chi connectivity index (χ0n) is 6.16. The van der Waals surface area contributed by atoms with Crippen LogP contribution in [0, 0.1) is 6.92 Å². The van der Waals surface area contributed by atoms with Gasteiger partial charge in [-0.15, -0.1) is 0 Å². The molecule has 0 radical (unpaired) electrons. The molecular formula is C7H10N2O. The zero-order valence-corrected chi connectivity index (χ0v) is 6.16. The summed E-state index contributed by atoms with van der Waals surface area (Å²) in [6.45, 7) is 2.88. The quantitative estimate of drug-likeness (QED) is 0.537. The molecule has 2 heterocycles. The largest absolute Gasteiger partial charge is 0.368 e. The normalized spacial score (nSPS) is 23.2. The number of aromatic nitrogens is 2. The van der Waals surface area contributed by atoms with Crippen LogP contribution in [0.3, 0.4) is 0 Å². The van der Waals surface area contributed by atoms with Crippen molar-refractivity contribution in [3.8, 4) is 0 Å². The van der Waals surface area contributed by atoms with Crippen molar-refractivity contribution in [1.29, 1.82) is 0 Å². The van der Waals surface area contributed by atoms with E-state index in [2.05, 4.69) is 5.10 Å². The number of ether oxygens (including phenoxy) is 1. The van der Waals surface area contributed by atoms with E-state index in [0.29, 0.717) is 6.10 Å². The van der Waals surface area contributed by atoms with Crippen molar-refractivity contribution in [2.24, 2.45) is 7.05 Å². The minimum Gasteiger partial charge on any atom is -0.368 e. The topological polar surface area (TPSA) is 30.4 Å². The van der Waals surface area contributed by atoms with Gasteiger partial charge >= 0.3 is 0 Å². The molecule has 3 nitrogen and oxygen atoms in total. The lowest BCUT2D eigenvalue weighted by molar-refractivity contribution is 0.415. The van der Waals surface area contributed by atoms with Gasteiger partial charge in [0.2, 0.25) is 0 Å². The lowest BCUT2D eigenvalue weighted by Crippen LogP contribution is -1.86. The molecule has 1 saturated heterocycles. The first kappa shape index (κ1) is 5.92. The van der Waals surface area contributed by atoms with Gasteiger partial charge in [0.05, 0.1) is 12.3 Å². The van der Waals surface area contributed by atoms with E-state index in [4.69, 9.17) is 4.74 Å². The van der Waals surface area contributed by atoms with Crippen LogP contribution in [0.4, 0.5) is 0 Å². The van der Waals surface area contributed by atoms with Crippen molar-refractivity contribution in [3.05, 3.63) is 17.5 Å². The fourth-order valence-corrected chi connectivity index (χ4v) is 1.16. The van der Waals surface area contributed by atoms with Crippen molar-refractivity contribution in [2.75, 3.05) is 6.61 Å². The van der Waals surface area contributed by atoms with Gasteiger partial charge in [-0.3, -0.25) is 4.68 Å². The highest BCUT2D eigenvalue weighted by atomic mass is 16.6. The fraction of sp³-hybridized carbons (Fsp3) is 0.571. The summed E-state index contributed by atoms with van der Waals surface area (Å²) in [5.74, 6) is 0. The van der Waals surface area contributed by atoms with Gasteiger partial charge in [-0.1, -0.05) is 0 Å². The molecule has 3 heteroatoms. The Balaban J connectivity index is 2.38. The van der Waals surface area contributed by atoms with E-state index in [0.717, 1.165) is 12.3 Å². The average Bonchev–Trinajstić information content (AvgIpc) is 2.61. The second-order valence-electron chi connectivity index (χ2n) is 2.67.